The van der Waals surface area contributed by atoms with E-state index in [4.69, 9.17) is 4.74 Å². The second-order valence-electron chi connectivity index (χ2n) is 8.70. The second kappa shape index (κ2) is 8.03. The van der Waals surface area contributed by atoms with Crippen LogP contribution in [-0.2, 0) is 4.79 Å². The number of carbonyl (C=O) groups is 1. The van der Waals surface area contributed by atoms with Gasteiger partial charge in [0, 0.05) is 17.7 Å². The Balaban J connectivity index is 2.22. The van der Waals surface area contributed by atoms with Crippen LogP contribution in [0.2, 0.25) is 0 Å². The number of aromatic hydroxyl groups is 1. The van der Waals surface area contributed by atoms with E-state index >= 15 is 0 Å². The van der Waals surface area contributed by atoms with Gasteiger partial charge in [0.25, 0.3) is 0 Å². The predicted octanol–water partition coefficient (Wildman–Crippen LogP) is 6.30. The number of benzene rings is 2. The Labute approximate surface area is 162 Å². The summed E-state index contributed by atoms with van der Waals surface area (Å²) < 4.78 is 6.10. The molecule has 2 rings (SSSR count). The summed E-state index contributed by atoms with van der Waals surface area (Å²) in [6, 6.07) is 9.15. The molecule has 0 aliphatic heterocycles. The highest BCUT2D eigenvalue weighted by molar-refractivity contribution is 5.91. The lowest BCUT2D eigenvalue weighted by molar-refractivity contribution is -0.117. The van der Waals surface area contributed by atoms with Crippen molar-refractivity contribution >= 4 is 11.6 Å². The molecule has 0 saturated heterocycles. The van der Waals surface area contributed by atoms with E-state index in [0.29, 0.717) is 12.2 Å². The van der Waals surface area contributed by atoms with Gasteiger partial charge in [-0.3, -0.25) is 4.79 Å². The van der Waals surface area contributed by atoms with Crippen molar-refractivity contribution in [3.8, 4) is 17.2 Å². The van der Waals surface area contributed by atoms with Crippen molar-refractivity contribution in [1.82, 2.24) is 0 Å². The standard InChI is InChI=1S/C23H31NO3/c1-14(2)19-12-18(8-9-20(19)25)27-22-15(3)10-17(11-16(22)4)24-21(26)13-23(5,6)7/h8-12,14,25H,13H2,1-7H3,(H,24,26). The molecule has 4 nitrogen and oxygen atoms in total. The number of phenols is 1. The number of ether oxygens (including phenoxy) is 1. The first-order valence-electron chi connectivity index (χ1n) is 9.38. The van der Waals surface area contributed by atoms with E-state index in [0.717, 1.165) is 28.1 Å². The largest absolute Gasteiger partial charge is 0.508 e. The molecule has 2 aromatic rings. The molecule has 2 N–H and O–H groups in total. The fourth-order valence-corrected chi connectivity index (χ4v) is 3.05. The highest BCUT2D eigenvalue weighted by atomic mass is 16.5. The summed E-state index contributed by atoms with van der Waals surface area (Å²) in [6.45, 7) is 14.1. The molecule has 0 radical (unpaired) electrons. The average Bonchev–Trinajstić information content (AvgIpc) is 2.50. The van der Waals surface area contributed by atoms with Gasteiger partial charge in [0.2, 0.25) is 5.91 Å². The Kier molecular flexibility index (Phi) is 6.19. The van der Waals surface area contributed by atoms with Gasteiger partial charge in [-0.15, -0.1) is 0 Å². The Bertz CT molecular complexity index is 809. The van der Waals surface area contributed by atoms with Gasteiger partial charge in [-0.05, 0) is 66.6 Å². The highest BCUT2D eigenvalue weighted by Gasteiger charge is 2.17. The number of anilines is 1. The zero-order valence-electron chi connectivity index (χ0n) is 17.4. The van der Waals surface area contributed by atoms with Crippen molar-refractivity contribution in [2.75, 3.05) is 5.32 Å². The van der Waals surface area contributed by atoms with Crippen LogP contribution in [0.3, 0.4) is 0 Å². The third-order valence-electron chi connectivity index (χ3n) is 4.28. The first-order chi connectivity index (χ1) is 12.5. The van der Waals surface area contributed by atoms with Crippen LogP contribution in [0, 0.1) is 19.3 Å². The van der Waals surface area contributed by atoms with Crippen LogP contribution in [0.4, 0.5) is 5.69 Å². The Morgan fingerprint density at radius 2 is 1.70 bits per heavy atom. The van der Waals surface area contributed by atoms with Crippen molar-refractivity contribution in [2.24, 2.45) is 5.41 Å². The third kappa shape index (κ3) is 5.75. The molecule has 0 unspecified atom stereocenters. The van der Waals surface area contributed by atoms with Crippen molar-refractivity contribution in [1.29, 1.82) is 0 Å². The fourth-order valence-electron chi connectivity index (χ4n) is 3.05. The van der Waals surface area contributed by atoms with Gasteiger partial charge in [-0.2, -0.15) is 0 Å². The molecule has 0 spiro atoms. The van der Waals surface area contributed by atoms with Gasteiger partial charge in [0.1, 0.15) is 17.2 Å². The van der Waals surface area contributed by atoms with Crippen LogP contribution in [0.15, 0.2) is 30.3 Å². The average molecular weight is 370 g/mol. The summed E-state index contributed by atoms with van der Waals surface area (Å²) in [7, 11) is 0. The Hall–Kier alpha value is -2.49. The second-order valence-corrected chi connectivity index (χ2v) is 8.70. The van der Waals surface area contributed by atoms with E-state index in [-0.39, 0.29) is 23.0 Å². The molecule has 0 saturated carbocycles. The number of amides is 1. The quantitative estimate of drug-likeness (QED) is 0.650. The zero-order chi connectivity index (χ0) is 20.4. The molecule has 0 aliphatic carbocycles. The molecule has 0 aliphatic rings. The zero-order valence-corrected chi connectivity index (χ0v) is 17.4. The van der Waals surface area contributed by atoms with E-state index in [1.165, 1.54) is 0 Å². The van der Waals surface area contributed by atoms with Crippen molar-refractivity contribution in [3.05, 3.63) is 47.0 Å². The molecular weight excluding hydrogens is 338 g/mol. The topological polar surface area (TPSA) is 58.6 Å². The molecule has 0 bridgehead atoms. The summed E-state index contributed by atoms with van der Waals surface area (Å²) in [6.07, 6.45) is 0.467. The summed E-state index contributed by atoms with van der Waals surface area (Å²) >= 11 is 0. The first-order valence-corrected chi connectivity index (χ1v) is 9.38. The number of rotatable bonds is 5. The van der Waals surface area contributed by atoms with Gasteiger partial charge in [0.15, 0.2) is 0 Å². The highest BCUT2D eigenvalue weighted by Crippen LogP contribution is 2.35. The van der Waals surface area contributed by atoms with Crippen molar-refractivity contribution in [3.63, 3.8) is 0 Å². The summed E-state index contributed by atoms with van der Waals surface area (Å²) in [5.41, 5.74) is 3.47. The molecule has 1 amide bonds. The van der Waals surface area contributed by atoms with Crippen LogP contribution in [0.25, 0.3) is 0 Å². The van der Waals surface area contributed by atoms with Crippen LogP contribution >= 0.6 is 0 Å². The van der Waals surface area contributed by atoms with Crippen LogP contribution in [0.1, 0.15) is 63.6 Å². The summed E-state index contributed by atoms with van der Waals surface area (Å²) in [5.74, 6) is 1.95. The van der Waals surface area contributed by atoms with Crippen LogP contribution in [0.5, 0.6) is 17.2 Å². The number of phenolic OH excluding ortho intramolecular Hbond substituents is 1. The minimum atomic E-state index is -0.0514. The number of hydrogen-bond donors (Lipinski definition) is 2. The lowest BCUT2D eigenvalue weighted by Crippen LogP contribution is -2.19. The maximum absolute atomic E-state index is 12.2. The normalized spacial score (nSPS) is 11.6. The maximum atomic E-state index is 12.2. The van der Waals surface area contributed by atoms with Crippen molar-refractivity contribution < 1.29 is 14.6 Å². The van der Waals surface area contributed by atoms with Gasteiger partial charge >= 0.3 is 0 Å². The molecule has 0 heterocycles. The molecule has 0 fully saturated rings. The smallest absolute Gasteiger partial charge is 0.224 e. The SMILES string of the molecule is Cc1cc(NC(=O)CC(C)(C)C)cc(C)c1Oc1ccc(O)c(C(C)C)c1. The van der Waals surface area contributed by atoms with Gasteiger partial charge in [0.05, 0.1) is 0 Å². The Morgan fingerprint density at radius 1 is 1.11 bits per heavy atom. The molecule has 4 heteroatoms. The van der Waals surface area contributed by atoms with Gasteiger partial charge in [-0.25, -0.2) is 0 Å². The lowest BCUT2D eigenvalue weighted by atomic mass is 9.92. The number of hydrogen-bond acceptors (Lipinski definition) is 3. The van der Waals surface area contributed by atoms with Crippen LogP contribution < -0.4 is 10.1 Å². The van der Waals surface area contributed by atoms with Crippen LogP contribution in [-0.4, -0.2) is 11.0 Å². The Morgan fingerprint density at radius 3 is 2.22 bits per heavy atom. The first kappa shape index (κ1) is 20.8. The lowest BCUT2D eigenvalue weighted by Gasteiger charge is -2.19. The van der Waals surface area contributed by atoms with E-state index < -0.39 is 0 Å². The summed E-state index contributed by atoms with van der Waals surface area (Å²) in [5, 5.41) is 13.0. The minimum Gasteiger partial charge on any atom is -0.508 e. The minimum absolute atomic E-state index is 0.00933. The number of aryl methyl sites for hydroxylation is 2. The van der Waals surface area contributed by atoms with Crippen molar-refractivity contribution in [2.45, 2.75) is 60.8 Å². The number of nitrogens with one attached hydrogen (secondary N) is 1. The predicted molar refractivity (Wildman–Crippen MR) is 111 cm³/mol. The van der Waals surface area contributed by atoms with Gasteiger partial charge in [-0.1, -0.05) is 34.6 Å². The molecule has 0 atom stereocenters. The molecular formula is C23H31NO3. The summed E-state index contributed by atoms with van der Waals surface area (Å²) in [4.78, 5) is 12.2. The monoisotopic (exact) mass is 369 g/mol. The number of carbonyl (C=O) groups excluding carboxylic acids is 1. The van der Waals surface area contributed by atoms with E-state index in [9.17, 15) is 9.90 Å². The molecule has 27 heavy (non-hydrogen) atoms. The fraction of sp³-hybridized carbons (Fsp3) is 0.435. The third-order valence-corrected chi connectivity index (χ3v) is 4.28. The van der Waals surface area contributed by atoms with Gasteiger partial charge < -0.3 is 15.2 Å². The molecule has 0 aromatic heterocycles. The maximum Gasteiger partial charge on any atom is 0.224 e. The molecule has 2 aromatic carbocycles. The molecule has 146 valence electrons. The van der Waals surface area contributed by atoms with E-state index in [1.807, 2.05) is 66.7 Å². The van der Waals surface area contributed by atoms with E-state index in [2.05, 4.69) is 5.32 Å². The van der Waals surface area contributed by atoms with E-state index in [1.54, 1.807) is 12.1 Å².